The predicted molar refractivity (Wildman–Crippen MR) is 74.2 cm³/mol. The first-order chi connectivity index (χ1) is 9.08. The Labute approximate surface area is 114 Å². The van der Waals surface area contributed by atoms with Crippen LogP contribution in [0.3, 0.4) is 0 Å². The van der Waals surface area contributed by atoms with Crippen molar-refractivity contribution in [2.24, 2.45) is 5.92 Å². The average Bonchev–Trinajstić information content (AvgIpc) is 2.38. The number of ketones is 1. The van der Waals surface area contributed by atoms with Crippen LogP contribution in [0, 0.1) is 12.8 Å². The molecule has 1 aromatic rings. The third-order valence-electron chi connectivity index (χ3n) is 3.68. The largest absolute Gasteiger partial charge is 0.497 e. The highest BCUT2D eigenvalue weighted by Gasteiger charge is 2.23. The highest BCUT2D eigenvalue weighted by Crippen LogP contribution is 2.20. The SMILES string of the molecule is COc1cc(C)nc(CN2CCCC(C(C)=O)C2)c1. The number of piperidine rings is 1. The fourth-order valence-corrected chi connectivity index (χ4v) is 2.66. The molecule has 1 aliphatic heterocycles. The number of methoxy groups -OCH3 is 1. The van der Waals surface area contributed by atoms with Gasteiger partial charge in [0.2, 0.25) is 0 Å². The molecule has 0 N–H and O–H groups in total. The van der Waals surface area contributed by atoms with Crippen LogP contribution in [0.4, 0.5) is 0 Å². The molecule has 104 valence electrons. The van der Waals surface area contributed by atoms with Crippen molar-refractivity contribution in [3.63, 3.8) is 0 Å². The van der Waals surface area contributed by atoms with E-state index in [0.29, 0.717) is 5.78 Å². The van der Waals surface area contributed by atoms with Crippen LogP contribution < -0.4 is 4.74 Å². The summed E-state index contributed by atoms with van der Waals surface area (Å²) in [7, 11) is 1.67. The van der Waals surface area contributed by atoms with Gasteiger partial charge in [-0.25, -0.2) is 0 Å². The Hall–Kier alpha value is -1.42. The number of pyridine rings is 1. The Balaban J connectivity index is 2.04. The van der Waals surface area contributed by atoms with E-state index in [1.165, 1.54) is 0 Å². The van der Waals surface area contributed by atoms with Gasteiger partial charge in [0, 0.05) is 36.8 Å². The molecular formula is C15H22N2O2. The van der Waals surface area contributed by atoms with Gasteiger partial charge >= 0.3 is 0 Å². The number of aryl methyl sites for hydroxylation is 1. The number of rotatable bonds is 4. The van der Waals surface area contributed by atoms with E-state index in [9.17, 15) is 4.79 Å². The number of likely N-dealkylation sites (tertiary alicyclic amines) is 1. The van der Waals surface area contributed by atoms with Crippen molar-refractivity contribution in [2.45, 2.75) is 33.2 Å². The lowest BCUT2D eigenvalue weighted by Crippen LogP contribution is -2.37. The number of hydrogen-bond donors (Lipinski definition) is 0. The third-order valence-corrected chi connectivity index (χ3v) is 3.68. The Morgan fingerprint density at radius 2 is 2.32 bits per heavy atom. The number of ether oxygens (including phenoxy) is 1. The summed E-state index contributed by atoms with van der Waals surface area (Å²) >= 11 is 0. The van der Waals surface area contributed by atoms with Crippen molar-refractivity contribution in [1.82, 2.24) is 9.88 Å². The van der Waals surface area contributed by atoms with Crippen LogP contribution in [0.15, 0.2) is 12.1 Å². The molecule has 4 heteroatoms. The summed E-state index contributed by atoms with van der Waals surface area (Å²) in [6.45, 7) is 6.36. The molecular weight excluding hydrogens is 240 g/mol. The van der Waals surface area contributed by atoms with E-state index >= 15 is 0 Å². The minimum Gasteiger partial charge on any atom is -0.497 e. The number of aromatic nitrogens is 1. The quantitative estimate of drug-likeness (QED) is 0.834. The molecule has 0 spiro atoms. The Kier molecular flexibility index (Phi) is 4.53. The summed E-state index contributed by atoms with van der Waals surface area (Å²) in [5.74, 6) is 1.35. The first-order valence-corrected chi connectivity index (χ1v) is 6.83. The number of Topliss-reactive ketones (excluding diaryl/α,β-unsaturated/α-hetero) is 1. The maximum atomic E-state index is 11.5. The molecule has 0 saturated carbocycles. The van der Waals surface area contributed by atoms with E-state index < -0.39 is 0 Å². The molecule has 2 heterocycles. The number of carbonyl (C=O) groups excluding carboxylic acids is 1. The van der Waals surface area contributed by atoms with E-state index in [1.807, 2.05) is 19.1 Å². The Bertz CT molecular complexity index is 459. The van der Waals surface area contributed by atoms with Crippen LogP contribution in [-0.4, -0.2) is 35.9 Å². The van der Waals surface area contributed by atoms with Gasteiger partial charge in [0.25, 0.3) is 0 Å². The van der Waals surface area contributed by atoms with E-state index in [-0.39, 0.29) is 5.92 Å². The lowest BCUT2D eigenvalue weighted by molar-refractivity contribution is -0.122. The Morgan fingerprint density at radius 1 is 1.53 bits per heavy atom. The maximum Gasteiger partial charge on any atom is 0.134 e. The maximum absolute atomic E-state index is 11.5. The second-order valence-electron chi connectivity index (χ2n) is 5.32. The lowest BCUT2D eigenvalue weighted by atomic mass is 9.94. The average molecular weight is 262 g/mol. The zero-order valence-electron chi connectivity index (χ0n) is 12.0. The lowest BCUT2D eigenvalue weighted by Gasteiger charge is -2.31. The summed E-state index contributed by atoms with van der Waals surface area (Å²) < 4.78 is 5.27. The molecule has 4 nitrogen and oxygen atoms in total. The van der Waals surface area contributed by atoms with Crippen LogP contribution in [0.1, 0.15) is 31.2 Å². The van der Waals surface area contributed by atoms with Crippen LogP contribution >= 0.6 is 0 Å². The Morgan fingerprint density at radius 3 is 3.00 bits per heavy atom. The molecule has 0 aliphatic carbocycles. The summed E-state index contributed by atoms with van der Waals surface area (Å²) in [4.78, 5) is 18.3. The second kappa shape index (κ2) is 6.15. The molecule has 1 aliphatic rings. The van der Waals surface area contributed by atoms with Gasteiger partial charge in [0.05, 0.1) is 12.8 Å². The number of carbonyl (C=O) groups is 1. The fourth-order valence-electron chi connectivity index (χ4n) is 2.66. The minimum absolute atomic E-state index is 0.195. The first-order valence-electron chi connectivity index (χ1n) is 6.83. The summed E-state index contributed by atoms with van der Waals surface area (Å²) in [6.07, 6.45) is 2.11. The van der Waals surface area contributed by atoms with Crippen LogP contribution in [0.5, 0.6) is 5.75 Å². The van der Waals surface area contributed by atoms with E-state index in [1.54, 1.807) is 14.0 Å². The third kappa shape index (κ3) is 3.77. The molecule has 1 fully saturated rings. The second-order valence-corrected chi connectivity index (χ2v) is 5.32. The molecule has 0 bridgehead atoms. The molecule has 1 atom stereocenters. The molecule has 19 heavy (non-hydrogen) atoms. The van der Waals surface area contributed by atoms with Crippen LogP contribution in [0.2, 0.25) is 0 Å². The van der Waals surface area contributed by atoms with E-state index in [0.717, 1.165) is 49.6 Å². The molecule has 0 radical (unpaired) electrons. The standard InChI is InChI=1S/C15H22N2O2/c1-11-7-15(19-3)8-14(16-11)10-17-6-4-5-13(9-17)12(2)18/h7-8,13H,4-6,9-10H2,1-3H3. The normalized spacial score (nSPS) is 20.3. The van der Waals surface area contributed by atoms with Crippen molar-refractivity contribution in [2.75, 3.05) is 20.2 Å². The number of hydrogen-bond acceptors (Lipinski definition) is 4. The highest BCUT2D eigenvalue weighted by atomic mass is 16.5. The molecule has 2 rings (SSSR count). The zero-order valence-corrected chi connectivity index (χ0v) is 12.0. The molecule has 1 saturated heterocycles. The highest BCUT2D eigenvalue weighted by molar-refractivity contribution is 5.78. The van der Waals surface area contributed by atoms with Gasteiger partial charge in [-0.3, -0.25) is 14.7 Å². The van der Waals surface area contributed by atoms with Crippen molar-refractivity contribution in [1.29, 1.82) is 0 Å². The van der Waals surface area contributed by atoms with Gasteiger partial charge in [0.15, 0.2) is 0 Å². The van der Waals surface area contributed by atoms with Crippen LogP contribution in [0.25, 0.3) is 0 Å². The van der Waals surface area contributed by atoms with Gasteiger partial charge < -0.3 is 4.74 Å². The van der Waals surface area contributed by atoms with Gasteiger partial charge in [-0.2, -0.15) is 0 Å². The smallest absolute Gasteiger partial charge is 0.134 e. The van der Waals surface area contributed by atoms with E-state index in [2.05, 4.69) is 9.88 Å². The van der Waals surface area contributed by atoms with Gasteiger partial charge in [-0.1, -0.05) is 0 Å². The summed E-state index contributed by atoms with van der Waals surface area (Å²) in [5.41, 5.74) is 1.98. The number of nitrogens with zero attached hydrogens (tertiary/aromatic N) is 2. The van der Waals surface area contributed by atoms with Crippen molar-refractivity contribution < 1.29 is 9.53 Å². The summed E-state index contributed by atoms with van der Waals surface area (Å²) in [6, 6.07) is 3.91. The molecule has 1 aromatic heterocycles. The minimum atomic E-state index is 0.195. The van der Waals surface area contributed by atoms with Gasteiger partial charge in [0.1, 0.15) is 11.5 Å². The van der Waals surface area contributed by atoms with Crippen molar-refractivity contribution in [3.8, 4) is 5.75 Å². The van der Waals surface area contributed by atoms with E-state index in [4.69, 9.17) is 4.74 Å². The predicted octanol–water partition coefficient (Wildman–Crippen LogP) is 2.20. The van der Waals surface area contributed by atoms with Gasteiger partial charge in [-0.15, -0.1) is 0 Å². The first kappa shape index (κ1) is 14.0. The van der Waals surface area contributed by atoms with Gasteiger partial charge in [-0.05, 0) is 33.2 Å². The molecule has 0 amide bonds. The topological polar surface area (TPSA) is 42.4 Å². The van der Waals surface area contributed by atoms with Crippen LogP contribution in [-0.2, 0) is 11.3 Å². The van der Waals surface area contributed by atoms with Crippen molar-refractivity contribution in [3.05, 3.63) is 23.5 Å². The molecule has 1 unspecified atom stereocenters. The summed E-state index contributed by atoms with van der Waals surface area (Å²) in [5, 5.41) is 0. The fraction of sp³-hybridized carbons (Fsp3) is 0.600. The monoisotopic (exact) mass is 262 g/mol. The zero-order chi connectivity index (χ0) is 13.8. The van der Waals surface area contributed by atoms with Crippen molar-refractivity contribution >= 4 is 5.78 Å². The molecule has 0 aromatic carbocycles.